The highest BCUT2D eigenvalue weighted by Gasteiger charge is 2.27. The van der Waals surface area contributed by atoms with E-state index in [4.69, 9.17) is 14.2 Å². The first-order chi connectivity index (χ1) is 7.66. The van der Waals surface area contributed by atoms with Crippen LogP contribution in [0.4, 0.5) is 0 Å². The maximum atomic E-state index is 5.55. The van der Waals surface area contributed by atoms with Gasteiger partial charge in [0.15, 0.2) is 0 Å². The zero-order valence-electron chi connectivity index (χ0n) is 12.2. The van der Waals surface area contributed by atoms with Gasteiger partial charge < -0.3 is 14.2 Å². The topological polar surface area (TPSA) is 27.7 Å². The zero-order chi connectivity index (χ0) is 13.1. The Morgan fingerprint density at radius 1 is 0.765 bits per heavy atom. The summed E-state index contributed by atoms with van der Waals surface area (Å²) in [5, 5.41) is 0. The van der Waals surface area contributed by atoms with E-state index in [1.54, 1.807) is 0 Å². The summed E-state index contributed by atoms with van der Waals surface area (Å²) in [4.78, 5) is 0. The van der Waals surface area contributed by atoms with Crippen molar-refractivity contribution in [3.63, 3.8) is 0 Å². The van der Waals surface area contributed by atoms with E-state index in [0.717, 1.165) is 13.2 Å². The Balaban J connectivity index is 0.000000171. The van der Waals surface area contributed by atoms with Crippen LogP contribution in [0.1, 0.15) is 54.4 Å². The molecule has 0 unspecified atom stereocenters. The average Bonchev–Trinajstić information content (AvgIpc) is 2.77. The number of hydrogen-bond acceptors (Lipinski definition) is 3. The van der Waals surface area contributed by atoms with Gasteiger partial charge in [-0.3, -0.25) is 0 Å². The molecular weight excluding hydrogens is 216 g/mol. The van der Waals surface area contributed by atoms with Crippen LogP contribution in [0, 0.1) is 0 Å². The fraction of sp³-hybridized carbons (Fsp3) is 1.00. The molecule has 1 aliphatic carbocycles. The molecule has 1 heterocycles. The van der Waals surface area contributed by atoms with E-state index < -0.39 is 0 Å². The van der Waals surface area contributed by atoms with Gasteiger partial charge in [0.25, 0.3) is 0 Å². The molecule has 0 N–H and O–H groups in total. The summed E-state index contributed by atoms with van der Waals surface area (Å²) in [6, 6.07) is 0. The van der Waals surface area contributed by atoms with Crippen LogP contribution in [-0.4, -0.2) is 36.6 Å². The average molecular weight is 244 g/mol. The Labute approximate surface area is 106 Å². The third-order valence-corrected chi connectivity index (χ3v) is 2.17. The fourth-order valence-corrected chi connectivity index (χ4v) is 1.47. The van der Waals surface area contributed by atoms with Gasteiger partial charge in [0.1, 0.15) is 6.10 Å². The van der Waals surface area contributed by atoms with Gasteiger partial charge in [-0.1, -0.05) is 0 Å². The molecule has 0 aromatic heterocycles. The van der Waals surface area contributed by atoms with E-state index in [0.29, 0.717) is 12.2 Å². The summed E-state index contributed by atoms with van der Waals surface area (Å²) in [7, 11) is 0. The van der Waals surface area contributed by atoms with Gasteiger partial charge in [0.2, 0.25) is 0 Å². The molecule has 0 spiro atoms. The smallest absolute Gasteiger partial charge is 0.105 e. The Morgan fingerprint density at radius 3 is 1.29 bits per heavy atom. The fourth-order valence-electron chi connectivity index (χ4n) is 1.47. The predicted octanol–water partition coefficient (Wildman–Crippen LogP) is 3.16. The predicted molar refractivity (Wildman–Crippen MR) is 69.3 cm³/mol. The molecule has 3 nitrogen and oxygen atoms in total. The van der Waals surface area contributed by atoms with Gasteiger partial charge in [0.05, 0.1) is 30.5 Å². The molecule has 3 heteroatoms. The summed E-state index contributed by atoms with van der Waals surface area (Å²) in [5.41, 5.74) is 0.0790. The third kappa shape index (κ3) is 8.58. The quantitative estimate of drug-likeness (QED) is 0.746. The molecule has 2 fully saturated rings. The summed E-state index contributed by atoms with van der Waals surface area (Å²) in [5.74, 6) is 0. The van der Waals surface area contributed by atoms with Gasteiger partial charge in [-0.25, -0.2) is 0 Å². The largest absolute Gasteiger partial charge is 0.376 e. The number of hydrogen-bond donors (Lipinski definition) is 0. The van der Waals surface area contributed by atoms with Crippen LogP contribution in [0.15, 0.2) is 0 Å². The van der Waals surface area contributed by atoms with E-state index in [9.17, 15) is 0 Å². The minimum absolute atomic E-state index is 0.00551. The highest BCUT2D eigenvalue weighted by molar-refractivity contribution is 4.77. The van der Waals surface area contributed by atoms with Crippen LogP contribution in [-0.2, 0) is 14.2 Å². The van der Waals surface area contributed by atoms with E-state index in [1.807, 2.05) is 0 Å². The molecule has 102 valence electrons. The van der Waals surface area contributed by atoms with Crippen molar-refractivity contribution in [2.24, 2.45) is 0 Å². The second kappa shape index (κ2) is 5.68. The Kier molecular flexibility index (Phi) is 4.99. The van der Waals surface area contributed by atoms with Crippen LogP contribution < -0.4 is 0 Å². The zero-order valence-corrected chi connectivity index (χ0v) is 12.2. The van der Waals surface area contributed by atoms with Crippen LogP contribution >= 0.6 is 0 Å². The monoisotopic (exact) mass is 244 g/mol. The highest BCUT2D eigenvalue weighted by atomic mass is 16.6. The van der Waals surface area contributed by atoms with E-state index in [-0.39, 0.29) is 11.2 Å². The maximum Gasteiger partial charge on any atom is 0.105 e. The number of ether oxygens (including phenoxy) is 3. The van der Waals surface area contributed by atoms with Crippen LogP contribution in [0.25, 0.3) is 0 Å². The van der Waals surface area contributed by atoms with Crippen molar-refractivity contribution >= 4 is 0 Å². The Bertz CT molecular complexity index is 217. The lowest BCUT2D eigenvalue weighted by atomic mass is 10.2. The van der Waals surface area contributed by atoms with E-state index in [1.165, 1.54) is 12.8 Å². The molecule has 0 aromatic carbocycles. The molecule has 1 saturated carbocycles. The molecule has 2 rings (SSSR count). The van der Waals surface area contributed by atoms with Gasteiger partial charge in [0, 0.05) is 0 Å². The first-order valence-corrected chi connectivity index (χ1v) is 6.59. The summed E-state index contributed by atoms with van der Waals surface area (Å²) >= 11 is 0. The van der Waals surface area contributed by atoms with Crippen LogP contribution in [0.2, 0.25) is 0 Å². The second-order valence-corrected chi connectivity index (χ2v) is 6.82. The lowest BCUT2D eigenvalue weighted by molar-refractivity contribution is -0.176. The van der Waals surface area contributed by atoms with Crippen LogP contribution in [0.3, 0.4) is 0 Å². The summed E-state index contributed by atoms with van der Waals surface area (Å²) < 4.78 is 16.1. The van der Waals surface area contributed by atoms with Gasteiger partial charge in [-0.05, 0) is 54.4 Å². The number of rotatable bonds is 2. The van der Waals surface area contributed by atoms with E-state index >= 15 is 0 Å². The molecule has 2 aliphatic rings. The van der Waals surface area contributed by atoms with Crippen molar-refractivity contribution in [3.8, 4) is 0 Å². The molecule has 0 bridgehead atoms. The summed E-state index contributed by atoms with van der Waals surface area (Å²) in [6.07, 6.45) is 3.49. The molecule has 1 saturated heterocycles. The van der Waals surface area contributed by atoms with Crippen molar-refractivity contribution in [1.29, 1.82) is 0 Å². The van der Waals surface area contributed by atoms with Crippen LogP contribution in [0.5, 0.6) is 0 Å². The minimum atomic E-state index is -0.00551. The minimum Gasteiger partial charge on any atom is -0.376 e. The Hall–Kier alpha value is -0.120. The first-order valence-electron chi connectivity index (χ1n) is 6.59. The molecular formula is C14H28O3. The van der Waals surface area contributed by atoms with Gasteiger partial charge in [-0.15, -0.1) is 0 Å². The standard InChI is InChI=1S/C7H14O2.C7H14O/c1-7(2,3)9-6-4-8-5-6;1-7(2,3)8-6-4-5-6/h6H,4-5H2,1-3H3;6H,4-5H2,1-3H3. The molecule has 0 aromatic rings. The van der Waals surface area contributed by atoms with Gasteiger partial charge in [-0.2, -0.15) is 0 Å². The van der Waals surface area contributed by atoms with Gasteiger partial charge >= 0.3 is 0 Å². The van der Waals surface area contributed by atoms with Crippen molar-refractivity contribution in [1.82, 2.24) is 0 Å². The van der Waals surface area contributed by atoms with Crippen molar-refractivity contribution in [2.45, 2.75) is 77.8 Å². The maximum absolute atomic E-state index is 5.55. The lowest BCUT2D eigenvalue weighted by Crippen LogP contribution is -2.41. The third-order valence-electron chi connectivity index (χ3n) is 2.17. The summed E-state index contributed by atoms with van der Waals surface area (Å²) in [6.45, 7) is 14.0. The molecule has 0 radical (unpaired) electrons. The molecule has 1 aliphatic heterocycles. The Morgan fingerprint density at radius 2 is 1.18 bits per heavy atom. The van der Waals surface area contributed by atoms with Crippen molar-refractivity contribution < 1.29 is 14.2 Å². The molecule has 0 atom stereocenters. The lowest BCUT2D eigenvalue weighted by Gasteiger charge is -2.32. The van der Waals surface area contributed by atoms with Crippen molar-refractivity contribution in [2.75, 3.05) is 13.2 Å². The first kappa shape index (κ1) is 14.9. The van der Waals surface area contributed by atoms with Crippen molar-refractivity contribution in [3.05, 3.63) is 0 Å². The normalized spacial score (nSPS) is 21.5. The van der Waals surface area contributed by atoms with E-state index in [2.05, 4.69) is 41.5 Å². The highest BCUT2D eigenvalue weighted by Crippen LogP contribution is 2.28. The molecule has 17 heavy (non-hydrogen) atoms. The molecule has 0 amide bonds. The second-order valence-electron chi connectivity index (χ2n) is 6.82. The SMILES string of the molecule is CC(C)(C)OC1CC1.CC(C)(C)OC1COC1.